The van der Waals surface area contributed by atoms with Crippen molar-refractivity contribution in [1.82, 2.24) is 10.2 Å². The molecule has 21 heavy (non-hydrogen) atoms. The van der Waals surface area contributed by atoms with Gasteiger partial charge in [-0.1, -0.05) is 30.3 Å². The summed E-state index contributed by atoms with van der Waals surface area (Å²) in [7, 11) is 2.06. The van der Waals surface area contributed by atoms with Gasteiger partial charge in [0.05, 0.1) is 17.7 Å². The van der Waals surface area contributed by atoms with Crippen molar-refractivity contribution in [2.45, 2.75) is 43.9 Å². The van der Waals surface area contributed by atoms with E-state index in [0.717, 1.165) is 24.9 Å². The van der Waals surface area contributed by atoms with Gasteiger partial charge in [-0.25, -0.2) is 0 Å². The minimum Gasteiger partial charge on any atom is -0.388 e. The van der Waals surface area contributed by atoms with Crippen molar-refractivity contribution in [2.24, 2.45) is 5.92 Å². The van der Waals surface area contributed by atoms with E-state index in [2.05, 4.69) is 29.4 Å². The molecule has 1 aliphatic heterocycles. The van der Waals surface area contributed by atoms with Gasteiger partial charge in [0.2, 0.25) is 5.91 Å². The van der Waals surface area contributed by atoms with Gasteiger partial charge in [-0.3, -0.25) is 9.69 Å². The van der Waals surface area contributed by atoms with Crippen LogP contribution in [0.3, 0.4) is 0 Å². The topological polar surface area (TPSA) is 52.6 Å². The minimum atomic E-state index is -0.877. The molecule has 4 heteroatoms. The number of carbonyl (C=O) groups excluding carboxylic acids is 1. The number of piperidine rings is 1. The van der Waals surface area contributed by atoms with Crippen LogP contribution in [0.5, 0.6) is 0 Å². The second kappa shape index (κ2) is 5.43. The van der Waals surface area contributed by atoms with Gasteiger partial charge < -0.3 is 10.4 Å². The fourth-order valence-electron chi connectivity index (χ4n) is 3.24. The first-order valence-corrected chi connectivity index (χ1v) is 7.77. The molecule has 1 saturated carbocycles. The monoisotopic (exact) mass is 288 g/mol. The largest absolute Gasteiger partial charge is 0.388 e. The van der Waals surface area contributed by atoms with E-state index >= 15 is 0 Å². The van der Waals surface area contributed by atoms with E-state index in [-0.39, 0.29) is 23.9 Å². The lowest BCUT2D eigenvalue weighted by molar-refractivity contribution is -0.129. The SMILES string of the molecule is CN1CC[C@@](C)(O)[C@@H](NC(=O)C2CC2)[C@@H]1c1ccccc1. The standard InChI is InChI=1S/C17H24N2O2/c1-17(21)10-11-19(2)14(12-6-4-3-5-7-12)15(17)18-16(20)13-8-9-13/h3-7,13-15,21H,8-11H2,1-2H3,(H,18,20)/t14-,15-,17+/m0/s1. The van der Waals surface area contributed by atoms with Gasteiger partial charge in [0.1, 0.15) is 0 Å². The molecular weight excluding hydrogens is 264 g/mol. The summed E-state index contributed by atoms with van der Waals surface area (Å²) in [5, 5.41) is 13.9. The highest BCUT2D eigenvalue weighted by atomic mass is 16.3. The van der Waals surface area contributed by atoms with Crippen LogP contribution in [-0.4, -0.2) is 41.1 Å². The number of benzene rings is 1. The zero-order valence-corrected chi connectivity index (χ0v) is 12.7. The van der Waals surface area contributed by atoms with Crippen molar-refractivity contribution < 1.29 is 9.90 Å². The lowest BCUT2D eigenvalue weighted by Crippen LogP contribution is -2.62. The second-order valence-electron chi connectivity index (χ2n) is 6.70. The van der Waals surface area contributed by atoms with Gasteiger partial charge in [-0.15, -0.1) is 0 Å². The third-order valence-corrected chi connectivity index (χ3v) is 4.82. The van der Waals surface area contributed by atoms with E-state index in [4.69, 9.17) is 0 Å². The van der Waals surface area contributed by atoms with Crippen LogP contribution in [0.25, 0.3) is 0 Å². The first kappa shape index (κ1) is 14.5. The van der Waals surface area contributed by atoms with E-state index in [0.29, 0.717) is 6.42 Å². The van der Waals surface area contributed by atoms with E-state index in [9.17, 15) is 9.90 Å². The molecule has 0 spiro atoms. The smallest absolute Gasteiger partial charge is 0.223 e. The molecule has 2 fully saturated rings. The molecule has 1 saturated heterocycles. The molecule has 2 N–H and O–H groups in total. The van der Waals surface area contributed by atoms with Gasteiger partial charge in [0.25, 0.3) is 0 Å². The van der Waals surface area contributed by atoms with Crippen molar-refractivity contribution in [1.29, 1.82) is 0 Å². The van der Waals surface area contributed by atoms with Crippen LogP contribution in [-0.2, 0) is 4.79 Å². The lowest BCUT2D eigenvalue weighted by Gasteiger charge is -2.48. The molecule has 1 aliphatic carbocycles. The van der Waals surface area contributed by atoms with Gasteiger partial charge in [0, 0.05) is 12.5 Å². The van der Waals surface area contributed by atoms with E-state index in [1.807, 2.05) is 25.1 Å². The quantitative estimate of drug-likeness (QED) is 0.890. The number of rotatable bonds is 3. The Morgan fingerprint density at radius 3 is 2.62 bits per heavy atom. The van der Waals surface area contributed by atoms with Crippen LogP contribution < -0.4 is 5.32 Å². The predicted octanol–water partition coefficient (Wildman–Crippen LogP) is 1.71. The van der Waals surface area contributed by atoms with E-state index in [1.165, 1.54) is 0 Å². The average molecular weight is 288 g/mol. The average Bonchev–Trinajstić information content (AvgIpc) is 3.29. The summed E-state index contributed by atoms with van der Waals surface area (Å²) in [4.78, 5) is 14.4. The van der Waals surface area contributed by atoms with Crippen molar-refractivity contribution >= 4 is 5.91 Å². The fraction of sp³-hybridized carbons (Fsp3) is 0.588. The molecule has 0 aromatic heterocycles. The molecule has 2 aliphatic rings. The van der Waals surface area contributed by atoms with Crippen LogP contribution in [0.4, 0.5) is 0 Å². The number of nitrogens with one attached hydrogen (secondary N) is 1. The van der Waals surface area contributed by atoms with Crippen molar-refractivity contribution in [3.63, 3.8) is 0 Å². The van der Waals surface area contributed by atoms with Gasteiger partial charge in [-0.2, -0.15) is 0 Å². The fourth-order valence-corrected chi connectivity index (χ4v) is 3.24. The summed E-state index contributed by atoms with van der Waals surface area (Å²) in [6.45, 7) is 2.66. The van der Waals surface area contributed by atoms with Crippen LogP contribution in [0.1, 0.15) is 37.8 Å². The summed E-state index contributed by atoms with van der Waals surface area (Å²) >= 11 is 0. The zero-order chi connectivity index (χ0) is 15.0. The lowest BCUT2D eigenvalue weighted by atomic mass is 9.80. The van der Waals surface area contributed by atoms with Gasteiger partial charge in [-0.05, 0) is 38.8 Å². The number of hydrogen-bond donors (Lipinski definition) is 2. The molecule has 1 aromatic rings. The number of likely N-dealkylation sites (N-methyl/N-ethyl adjacent to an activating group) is 1. The van der Waals surface area contributed by atoms with Gasteiger partial charge in [0.15, 0.2) is 0 Å². The molecule has 3 atom stereocenters. The Bertz CT molecular complexity index is 511. The zero-order valence-electron chi connectivity index (χ0n) is 12.7. The van der Waals surface area contributed by atoms with E-state index < -0.39 is 5.60 Å². The van der Waals surface area contributed by atoms with Crippen LogP contribution in [0.2, 0.25) is 0 Å². The molecule has 1 amide bonds. The molecular formula is C17H24N2O2. The number of amides is 1. The Hall–Kier alpha value is -1.39. The first-order valence-electron chi connectivity index (χ1n) is 7.77. The first-order chi connectivity index (χ1) is 9.99. The number of hydrogen-bond acceptors (Lipinski definition) is 3. The third kappa shape index (κ3) is 2.97. The molecule has 1 aromatic carbocycles. The maximum absolute atomic E-state index is 12.2. The Kier molecular flexibility index (Phi) is 3.76. The van der Waals surface area contributed by atoms with Gasteiger partial charge >= 0.3 is 0 Å². The maximum atomic E-state index is 12.2. The third-order valence-electron chi connectivity index (χ3n) is 4.82. The molecule has 0 radical (unpaired) electrons. The maximum Gasteiger partial charge on any atom is 0.223 e. The minimum absolute atomic E-state index is 0.0117. The Balaban J connectivity index is 1.89. The molecule has 4 nitrogen and oxygen atoms in total. The molecule has 114 valence electrons. The number of carbonyl (C=O) groups is 1. The normalized spacial score (nSPS) is 33.7. The highest BCUT2D eigenvalue weighted by Crippen LogP contribution is 2.37. The van der Waals surface area contributed by atoms with Crippen molar-refractivity contribution in [3.05, 3.63) is 35.9 Å². The molecule has 0 unspecified atom stereocenters. The number of nitrogens with zero attached hydrogens (tertiary/aromatic N) is 1. The van der Waals surface area contributed by atoms with Crippen LogP contribution in [0, 0.1) is 5.92 Å². The highest BCUT2D eigenvalue weighted by Gasteiger charge is 2.46. The highest BCUT2D eigenvalue weighted by molar-refractivity contribution is 5.81. The summed E-state index contributed by atoms with van der Waals surface area (Å²) in [6, 6.07) is 9.88. The number of likely N-dealkylation sites (tertiary alicyclic amines) is 1. The molecule has 0 bridgehead atoms. The second-order valence-corrected chi connectivity index (χ2v) is 6.70. The summed E-state index contributed by atoms with van der Waals surface area (Å²) in [5.41, 5.74) is 0.262. The van der Waals surface area contributed by atoms with E-state index in [1.54, 1.807) is 0 Å². The van der Waals surface area contributed by atoms with Crippen LogP contribution in [0.15, 0.2) is 30.3 Å². The number of aliphatic hydroxyl groups is 1. The Labute approximate surface area is 126 Å². The summed E-state index contributed by atoms with van der Waals surface area (Å²) in [5.74, 6) is 0.251. The Morgan fingerprint density at radius 1 is 1.33 bits per heavy atom. The molecule has 1 heterocycles. The van der Waals surface area contributed by atoms with Crippen LogP contribution >= 0.6 is 0 Å². The Morgan fingerprint density at radius 2 is 2.00 bits per heavy atom. The predicted molar refractivity (Wildman–Crippen MR) is 81.7 cm³/mol. The van der Waals surface area contributed by atoms with Crippen molar-refractivity contribution in [2.75, 3.05) is 13.6 Å². The summed E-state index contributed by atoms with van der Waals surface area (Å²) in [6.07, 6.45) is 2.63. The summed E-state index contributed by atoms with van der Waals surface area (Å²) < 4.78 is 0. The van der Waals surface area contributed by atoms with Crippen molar-refractivity contribution in [3.8, 4) is 0 Å². The molecule has 3 rings (SSSR count).